The molecule has 2 unspecified atom stereocenters. The molecule has 0 bridgehead atoms. The number of β-lactam (4-membered cyclic amide) rings is 1. The first-order chi connectivity index (χ1) is 12.9. The fourth-order valence-electron chi connectivity index (χ4n) is 3.05. The topological polar surface area (TPSA) is 116 Å². The summed E-state index contributed by atoms with van der Waals surface area (Å²) in [7, 11) is 0. The molecule has 1 saturated heterocycles. The van der Waals surface area contributed by atoms with Gasteiger partial charge in [0.05, 0.1) is 17.9 Å². The van der Waals surface area contributed by atoms with Crippen LogP contribution in [0.5, 0.6) is 0 Å². The fraction of sp³-hybridized carbons (Fsp3) is 0.389. The van der Waals surface area contributed by atoms with Crippen molar-refractivity contribution < 1.29 is 29.3 Å². The third-order valence-corrected chi connectivity index (χ3v) is 5.61. The van der Waals surface area contributed by atoms with Gasteiger partial charge in [0.25, 0.3) is 0 Å². The molecular weight excluding hydrogens is 372 g/mol. The maximum atomic E-state index is 11.9. The lowest BCUT2D eigenvalue weighted by atomic mass is 10.1. The summed E-state index contributed by atoms with van der Waals surface area (Å²) in [4.78, 5) is 36.4. The second kappa shape index (κ2) is 8.12. The van der Waals surface area contributed by atoms with Gasteiger partial charge in [-0.25, -0.2) is 4.79 Å². The van der Waals surface area contributed by atoms with Crippen LogP contribution in [0.2, 0.25) is 0 Å². The summed E-state index contributed by atoms with van der Waals surface area (Å²) in [5, 5.41) is 22.6. The van der Waals surface area contributed by atoms with Crippen LogP contribution in [-0.2, 0) is 19.1 Å². The molecule has 9 heteroatoms. The summed E-state index contributed by atoms with van der Waals surface area (Å²) >= 11 is 1.42. The van der Waals surface area contributed by atoms with Crippen molar-refractivity contribution in [3.63, 3.8) is 0 Å². The number of nitrogens with zero attached hydrogens (tertiary/aromatic N) is 1. The molecule has 3 atom stereocenters. The molecule has 0 spiro atoms. The monoisotopic (exact) mass is 392 g/mol. The molecular formula is C18H20N2O6S. The number of aliphatic carboxylic acids is 1. The Kier molecular flexibility index (Phi) is 5.83. The zero-order valence-corrected chi connectivity index (χ0v) is 15.4. The van der Waals surface area contributed by atoms with Crippen LogP contribution in [0.4, 0.5) is 0 Å². The van der Waals surface area contributed by atoms with Crippen molar-refractivity contribution in [1.82, 2.24) is 10.2 Å². The van der Waals surface area contributed by atoms with E-state index in [0.29, 0.717) is 23.3 Å². The molecule has 1 aromatic carbocycles. The summed E-state index contributed by atoms with van der Waals surface area (Å²) in [5.41, 5.74) is 0.824. The number of esters is 1. The predicted octanol–water partition coefficient (Wildman–Crippen LogP) is 0.843. The van der Waals surface area contributed by atoms with Crippen molar-refractivity contribution in [1.29, 1.82) is 0 Å². The molecule has 0 saturated carbocycles. The second-order valence-corrected chi connectivity index (χ2v) is 7.40. The largest absolute Gasteiger partial charge is 0.477 e. The number of carboxylic acids is 1. The Morgan fingerprint density at radius 2 is 2.07 bits per heavy atom. The van der Waals surface area contributed by atoms with Crippen LogP contribution in [-0.4, -0.2) is 56.9 Å². The number of aliphatic hydroxyl groups excluding tert-OH is 1. The lowest BCUT2D eigenvalue weighted by molar-refractivity contribution is -0.148. The minimum Gasteiger partial charge on any atom is -0.477 e. The molecule has 3 rings (SSSR count). The Morgan fingerprint density at radius 1 is 1.37 bits per heavy atom. The Bertz CT molecular complexity index is 781. The molecule has 0 aromatic heterocycles. The van der Waals surface area contributed by atoms with Crippen LogP contribution in [0.25, 0.3) is 0 Å². The molecule has 1 amide bonds. The number of rotatable bonds is 7. The minimum absolute atomic E-state index is 0.0421. The van der Waals surface area contributed by atoms with E-state index in [1.54, 1.807) is 24.3 Å². The van der Waals surface area contributed by atoms with E-state index >= 15 is 0 Å². The summed E-state index contributed by atoms with van der Waals surface area (Å²) in [6.45, 7) is 1.26. The Hall–Kier alpha value is -2.36. The van der Waals surface area contributed by atoms with Gasteiger partial charge in [0.15, 0.2) is 6.23 Å². The molecule has 144 valence electrons. The standard InChI is InChI=1S/C18H20N2O6S/c1-10(21)26-17(19-8-13(22)11-5-3-2-4-6-11)12-9-27-15-7-14(23)20(15)16(12)18(24)25/h2-6,13,15,17,19,22H,7-9H2,1H3,(H,24,25)/t13?,15-,17?/m1/s1. The van der Waals surface area contributed by atoms with E-state index in [4.69, 9.17) is 4.74 Å². The molecule has 2 heterocycles. The van der Waals surface area contributed by atoms with Crippen molar-refractivity contribution in [3.8, 4) is 0 Å². The third-order valence-electron chi connectivity index (χ3n) is 4.37. The van der Waals surface area contributed by atoms with Gasteiger partial charge in [-0.3, -0.25) is 19.8 Å². The van der Waals surface area contributed by atoms with E-state index < -0.39 is 24.3 Å². The number of carbonyl (C=O) groups excluding carboxylic acids is 2. The summed E-state index contributed by atoms with van der Waals surface area (Å²) < 4.78 is 5.27. The van der Waals surface area contributed by atoms with E-state index in [1.807, 2.05) is 6.07 Å². The highest BCUT2D eigenvalue weighted by Crippen LogP contribution is 2.40. The molecule has 2 aliphatic rings. The molecule has 0 aliphatic carbocycles. The average molecular weight is 392 g/mol. The van der Waals surface area contributed by atoms with E-state index in [1.165, 1.54) is 23.6 Å². The smallest absolute Gasteiger partial charge is 0.352 e. The van der Waals surface area contributed by atoms with Gasteiger partial charge in [-0.1, -0.05) is 30.3 Å². The Balaban J connectivity index is 1.82. The van der Waals surface area contributed by atoms with Crippen LogP contribution in [0.15, 0.2) is 41.6 Å². The number of ether oxygens (including phenoxy) is 1. The van der Waals surface area contributed by atoms with Crippen molar-refractivity contribution in [2.75, 3.05) is 12.3 Å². The zero-order valence-electron chi connectivity index (χ0n) is 14.6. The van der Waals surface area contributed by atoms with Crippen molar-refractivity contribution in [3.05, 3.63) is 47.2 Å². The van der Waals surface area contributed by atoms with E-state index in [2.05, 4.69) is 5.32 Å². The molecule has 0 radical (unpaired) electrons. The molecule has 1 aromatic rings. The lowest BCUT2D eigenvalue weighted by Gasteiger charge is -2.44. The first kappa shape index (κ1) is 19.4. The van der Waals surface area contributed by atoms with Gasteiger partial charge in [-0.15, -0.1) is 11.8 Å². The SMILES string of the molecule is CC(=O)OC(NCC(O)c1ccccc1)C1=C(C(=O)O)N2C(=O)C[C@H]2SC1. The number of hydrogen-bond donors (Lipinski definition) is 3. The van der Waals surface area contributed by atoms with Crippen molar-refractivity contribution >= 4 is 29.6 Å². The van der Waals surface area contributed by atoms with Gasteiger partial charge in [0.2, 0.25) is 5.91 Å². The molecule has 27 heavy (non-hydrogen) atoms. The first-order valence-corrected chi connectivity index (χ1v) is 9.47. The number of thioether (sulfide) groups is 1. The van der Waals surface area contributed by atoms with Crippen molar-refractivity contribution in [2.45, 2.75) is 31.1 Å². The minimum atomic E-state index is -1.24. The van der Waals surface area contributed by atoms with Crippen LogP contribution in [0.3, 0.4) is 0 Å². The number of hydrogen-bond acceptors (Lipinski definition) is 7. The maximum Gasteiger partial charge on any atom is 0.352 e. The normalized spacial score (nSPS) is 21.2. The number of amides is 1. The predicted molar refractivity (Wildman–Crippen MR) is 97.3 cm³/mol. The van der Waals surface area contributed by atoms with Crippen LogP contribution >= 0.6 is 11.8 Å². The lowest BCUT2D eigenvalue weighted by Crippen LogP contribution is -2.55. The number of carboxylic acid groups (broad SMARTS) is 1. The number of nitrogens with one attached hydrogen (secondary N) is 1. The van der Waals surface area contributed by atoms with E-state index in [0.717, 1.165) is 0 Å². The molecule has 8 nitrogen and oxygen atoms in total. The molecule has 3 N–H and O–H groups in total. The Labute approximate surface area is 160 Å². The Morgan fingerprint density at radius 3 is 2.67 bits per heavy atom. The number of fused-ring (bicyclic) bond motifs is 1. The maximum absolute atomic E-state index is 11.9. The highest BCUT2D eigenvalue weighted by molar-refractivity contribution is 8.00. The van der Waals surface area contributed by atoms with E-state index in [-0.39, 0.29) is 23.5 Å². The molecule has 1 fully saturated rings. The zero-order chi connectivity index (χ0) is 19.6. The van der Waals surface area contributed by atoms with Gasteiger partial charge in [-0.2, -0.15) is 0 Å². The average Bonchev–Trinajstić information content (AvgIpc) is 2.63. The highest BCUT2D eigenvalue weighted by atomic mass is 32.2. The first-order valence-electron chi connectivity index (χ1n) is 8.42. The summed E-state index contributed by atoms with van der Waals surface area (Å²) in [6.07, 6.45) is -1.62. The third kappa shape index (κ3) is 4.15. The van der Waals surface area contributed by atoms with Crippen LogP contribution in [0.1, 0.15) is 25.0 Å². The summed E-state index contributed by atoms with van der Waals surface area (Å²) in [6, 6.07) is 8.93. The second-order valence-electron chi connectivity index (χ2n) is 6.24. The number of benzene rings is 1. The quantitative estimate of drug-likeness (QED) is 0.355. The summed E-state index contributed by atoms with van der Waals surface area (Å²) in [5.74, 6) is -1.80. The van der Waals surface area contributed by atoms with Crippen LogP contribution in [0, 0.1) is 0 Å². The highest BCUT2D eigenvalue weighted by Gasteiger charge is 2.47. The molecule has 2 aliphatic heterocycles. The van der Waals surface area contributed by atoms with E-state index in [9.17, 15) is 24.6 Å². The number of aliphatic hydroxyl groups is 1. The van der Waals surface area contributed by atoms with Gasteiger partial charge < -0.3 is 14.9 Å². The van der Waals surface area contributed by atoms with Gasteiger partial charge in [0, 0.05) is 24.8 Å². The fourth-order valence-corrected chi connectivity index (χ4v) is 4.34. The van der Waals surface area contributed by atoms with Crippen LogP contribution < -0.4 is 5.32 Å². The number of carbonyl (C=O) groups is 3. The van der Waals surface area contributed by atoms with Gasteiger partial charge in [-0.05, 0) is 5.56 Å². The van der Waals surface area contributed by atoms with Gasteiger partial charge in [0.1, 0.15) is 5.70 Å². The van der Waals surface area contributed by atoms with Gasteiger partial charge >= 0.3 is 11.9 Å². The van der Waals surface area contributed by atoms with Crippen molar-refractivity contribution in [2.24, 2.45) is 0 Å².